The molecular weight excluding hydrogens is 296 g/mol. The number of amides is 1. The molecule has 2 aromatic heterocycles. The summed E-state index contributed by atoms with van der Waals surface area (Å²) in [4.78, 5) is 20.6. The van der Waals surface area contributed by atoms with Gasteiger partial charge in [0.25, 0.3) is 5.91 Å². The standard InChI is InChI=1S/C16H14N4OS/c21-15(18-11-2-3-11)10-1-4-13-14(9-10)22-16(20-13)19-12-5-7-17-8-6-12/h1,4-9,11H,2-3H2,(H,18,21)(H,17,19,20). The number of carbonyl (C=O) groups excluding carboxylic acids is 1. The summed E-state index contributed by atoms with van der Waals surface area (Å²) in [6.07, 6.45) is 5.65. The zero-order valence-corrected chi connectivity index (χ0v) is 12.6. The van der Waals surface area contributed by atoms with Gasteiger partial charge in [-0.25, -0.2) is 4.98 Å². The lowest BCUT2D eigenvalue weighted by Gasteiger charge is -2.02. The van der Waals surface area contributed by atoms with E-state index in [1.54, 1.807) is 12.4 Å². The largest absolute Gasteiger partial charge is 0.349 e. The number of nitrogens with zero attached hydrogens (tertiary/aromatic N) is 2. The number of benzene rings is 1. The van der Waals surface area contributed by atoms with Gasteiger partial charge < -0.3 is 10.6 Å². The number of anilines is 2. The fourth-order valence-corrected chi connectivity index (χ4v) is 3.10. The van der Waals surface area contributed by atoms with Crippen LogP contribution >= 0.6 is 11.3 Å². The average molecular weight is 310 g/mol. The molecule has 1 amide bonds. The van der Waals surface area contributed by atoms with Crippen molar-refractivity contribution in [3.8, 4) is 0 Å². The molecule has 2 heterocycles. The van der Waals surface area contributed by atoms with Gasteiger partial charge in [-0.1, -0.05) is 11.3 Å². The molecule has 22 heavy (non-hydrogen) atoms. The first kappa shape index (κ1) is 13.2. The summed E-state index contributed by atoms with van der Waals surface area (Å²) in [5, 5.41) is 7.06. The van der Waals surface area contributed by atoms with Crippen LogP contribution in [0.5, 0.6) is 0 Å². The average Bonchev–Trinajstić information content (AvgIpc) is 3.25. The Hall–Kier alpha value is -2.47. The molecule has 6 heteroatoms. The van der Waals surface area contributed by atoms with Crippen LogP contribution in [0.4, 0.5) is 10.8 Å². The number of pyridine rings is 1. The Morgan fingerprint density at radius 3 is 2.77 bits per heavy atom. The number of hydrogen-bond acceptors (Lipinski definition) is 5. The minimum absolute atomic E-state index is 0.00134. The second-order valence-corrected chi connectivity index (χ2v) is 6.34. The summed E-state index contributed by atoms with van der Waals surface area (Å²) >= 11 is 1.54. The summed E-state index contributed by atoms with van der Waals surface area (Å²) in [7, 11) is 0. The van der Waals surface area contributed by atoms with Gasteiger partial charge in [-0.15, -0.1) is 0 Å². The third-order valence-corrected chi connectivity index (χ3v) is 4.43. The van der Waals surface area contributed by atoms with E-state index in [-0.39, 0.29) is 5.91 Å². The molecule has 0 radical (unpaired) electrons. The van der Waals surface area contributed by atoms with Crippen molar-refractivity contribution < 1.29 is 4.79 Å². The molecule has 110 valence electrons. The Bertz CT molecular complexity index is 827. The number of fused-ring (bicyclic) bond motifs is 1. The van der Waals surface area contributed by atoms with E-state index in [0.717, 1.165) is 33.9 Å². The topological polar surface area (TPSA) is 66.9 Å². The van der Waals surface area contributed by atoms with Gasteiger partial charge in [0.05, 0.1) is 10.2 Å². The normalized spacial score (nSPS) is 14.0. The molecule has 1 aliphatic rings. The lowest BCUT2D eigenvalue weighted by atomic mass is 10.2. The molecule has 5 nitrogen and oxygen atoms in total. The molecule has 0 atom stereocenters. The van der Waals surface area contributed by atoms with E-state index in [4.69, 9.17) is 0 Å². The number of carbonyl (C=O) groups is 1. The highest BCUT2D eigenvalue weighted by Crippen LogP contribution is 2.29. The smallest absolute Gasteiger partial charge is 0.251 e. The Morgan fingerprint density at radius 1 is 1.18 bits per heavy atom. The van der Waals surface area contributed by atoms with Crippen molar-refractivity contribution >= 4 is 38.3 Å². The lowest BCUT2D eigenvalue weighted by molar-refractivity contribution is 0.0951. The molecule has 0 saturated heterocycles. The number of hydrogen-bond donors (Lipinski definition) is 2. The zero-order chi connectivity index (χ0) is 14.9. The van der Waals surface area contributed by atoms with Gasteiger partial charge in [0.1, 0.15) is 0 Å². The first-order chi connectivity index (χ1) is 10.8. The minimum Gasteiger partial charge on any atom is -0.349 e. The highest BCUT2D eigenvalue weighted by molar-refractivity contribution is 7.22. The van der Waals surface area contributed by atoms with Crippen molar-refractivity contribution in [1.29, 1.82) is 0 Å². The van der Waals surface area contributed by atoms with Gasteiger partial charge in [-0.05, 0) is 43.2 Å². The van der Waals surface area contributed by atoms with Crippen LogP contribution in [-0.4, -0.2) is 21.9 Å². The van der Waals surface area contributed by atoms with Crippen molar-refractivity contribution in [3.63, 3.8) is 0 Å². The third-order valence-electron chi connectivity index (χ3n) is 3.49. The fraction of sp³-hybridized carbons (Fsp3) is 0.188. The molecule has 1 saturated carbocycles. The van der Waals surface area contributed by atoms with Crippen LogP contribution in [0.15, 0.2) is 42.7 Å². The number of thiazole rings is 1. The summed E-state index contributed by atoms with van der Waals surface area (Å²) < 4.78 is 1.00. The Morgan fingerprint density at radius 2 is 2.00 bits per heavy atom. The predicted molar refractivity (Wildman–Crippen MR) is 87.6 cm³/mol. The summed E-state index contributed by atoms with van der Waals surface area (Å²) in [5.41, 5.74) is 2.53. The van der Waals surface area contributed by atoms with Crippen molar-refractivity contribution in [3.05, 3.63) is 48.3 Å². The molecule has 1 fully saturated rings. The van der Waals surface area contributed by atoms with E-state index < -0.39 is 0 Å². The van der Waals surface area contributed by atoms with E-state index in [2.05, 4.69) is 20.6 Å². The molecule has 0 spiro atoms. The zero-order valence-electron chi connectivity index (χ0n) is 11.7. The Labute approximate surface area is 131 Å². The van der Waals surface area contributed by atoms with E-state index in [9.17, 15) is 4.79 Å². The Balaban J connectivity index is 1.59. The molecule has 1 aliphatic carbocycles. The second-order valence-electron chi connectivity index (χ2n) is 5.31. The molecule has 0 aliphatic heterocycles. The fourth-order valence-electron chi connectivity index (χ4n) is 2.17. The molecular formula is C16H14N4OS. The van der Waals surface area contributed by atoms with Gasteiger partial charge in [-0.2, -0.15) is 0 Å². The molecule has 1 aromatic carbocycles. The summed E-state index contributed by atoms with van der Waals surface area (Å²) in [5.74, 6) is 0.00134. The van der Waals surface area contributed by atoms with E-state index in [0.29, 0.717) is 11.6 Å². The summed E-state index contributed by atoms with van der Waals surface area (Å²) in [6, 6.07) is 9.78. The van der Waals surface area contributed by atoms with Gasteiger partial charge in [0.2, 0.25) is 0 Å². The Kier molecular flexibility index (Phi) is 3.23. The van der Waals surface area contributed by atoms with E-state index in [1.807, 2.05) is 30.3 Å². The van der Waals surface area contributed by atoms with Crippen LogP contribution in [0.1, 0.15) is 23.2 Å². The van der Waals surface area contributed by atoms with Crippen LogP contribution in [0.3, 0.4) is 0 Å². The summed E-state index contributed by atoms with van der Waals surface area (Å²) in [6.45, 7) is 0. The molecule has 0 unspecified atom stereocenters. The van der Waals surface area contributed by atoms with Crippen LogP contribution in [0.25, 0.3) is 10.2 Å². The number of rotatable bonds is 4. The van der Waals surface area contributed by atoms with E-state index >= 15 is 0 Å². The van der Waals surface area contributed by atoms with Gasteiger partial charge in [0, 0.05) is 29.7 Å². The minimum atomic E-state index is 0.00134. The number of aromatic nitrogens is 2. The molecule has 0 bridgehead atoms. The highest BCUT2D eigenvalue weighted by Gasteiger charge is 2.23. The van der Waals surface area contributed by atoms with Crippen LogP contribution < -0.4 is 10.6 Å². The number of nitrogens with one attached hydrogen (secondary N) is 2. The van der Waals surface area contributed by atoms with Crippen molar-refractivity contribution in [2.24, 2.45) is 0 Å². The highest BCUT2D eigenvalue weighted by atomic mass is 32.1. The predicted octanol–water partition coefficient (Wildman–Crippen LogP) is 3.33. The monoisotopic (exact) mass is 310 g/mol. The molecule has 3 aromatic rings. The molecule has 2 N–H and O–H groups in total. The first-order valence-corrected chi connectivity index (χ1v) is 7.98. The van der Waals surface area contributed by atoms with Crippen LogP contribution in [-0.2, 0) is 0 Å². The first-order valence-electron chi connectivity index (χ1n) is 7.16. The van der Waals surface area contributed by atoms with Gasteiger partial charge in [0.15, 0.2) is 5.13 Å². The van der Waals surface area contributed by atoms with Gasteiger partial charge >= 0.3 is 0 Å². The SMILES string of the molecule is O=C(NC1CC1)c1ccc2nc(Nc3ccncc3)sc2c1. The maximum Gasteiger partial charge on any atom is 0.251 e. The van der Waals surface area contributed by atoms with Crippen molar-refractivity contribution in [2.45, 2.75) is 18.9 Å². The molecule has 4 rings (SSSR count). The van der Waals surface area contributed by atoms with Gasteiger partial charge in [-0.3, -0.25) is 9.78 Å². The van der Waals surface area contributed by atoms with E-state index in [1.165, 1.54) is 11.3 Å². The maximum atomic E-state index is 12.1. The third kappa shape index (κ3) is 2.78. The van der Waals surface area contributed by atoms with Crippen molar-refractivity contribution in [1.82, 2.24) is 15.3 Å². The second kappa shape index (κ2) is 5.38. The van der Waals surface area contributed by atoms with Crippen LogP contribution in [0, 0.1) is 0 Å². The lowest BCUT2D eigenvalue weighted by Crippen LogP contribution is -2.25. The van der Waals surface area contributed by atoms with Crippen LogP contribution in [0.2, 0.25) is 0 Å². The quantitative estimate of drug-likeness (QED) is 0.775. The van der Waals surface area contributed by atoms with Crippen molar-refractivity contribution in [2.75, 3.05) is 5.32 Å². The maximum absolute atomic E-state index is 12.1.